The highest BCUT2D eigenvalue weighted by Gasteiger charge is 2.22. The molecule has 62 valence electrons. The van der Waals surface area contributed by atoms with Crippen LogP contribution in [0, 0.1) is 0 Å². The van der Waals surface area contributed by atoms with Crippen molar-refractivity contribution in [3.8, 4) is 0 Å². The summed E-state index contributed by atoms with van der Waals surface area (Å²) in [5, 5.41) is 0. The van der Waals surface area contributed by atoms with Crippen LogP contribution in [0.5, 0.6) is 0 Å². The standard InChI is InChI=1S/C2H6O4S4/c1-2(9(3,4)7)10(5,6)8/h2H,1H3,(H,3,4,7)(H,5,6,8). The number of hydrogen-bond acceptors (Lipinski definition) is 4. The molecule has 0 aliphatic carbocycles. The average Bonchev–Trinajstić information content (AvgIpc) is 1.59. The fourth-order valence-corrected chi connectivity index (χ4v) is 3.75. The zero-order valence-corrected chi connectivity index (χ0v) is 8.19. The van der Waals surface area contributed by atoms with Gasteiger partial charge in [0.1, 0.15) is 0 Å². The van der Waals surface area contributed by atoms with Crippen LogP contribution in [-0.4, -0.2) is 22.1 Å². The van der Waals surface area contributed by atoms with Crippen molar-refractivity contribution in [2.24, 2.45) is 0 Å². The van der Waals surface area contributed by atoms with E-state index < -0.39 is 22.1 Å². The Morgan fingerprint density at radius 2 is 1.40 bits per heavy atom. The van der Waals surface area contributed by atoms with Crippen molar-refractivity contribution < 1.29 is 17.5 Å². The van der Waals surface area contributed by atoms with Crippen LogP contribution < -0.4 is 0 Å². The Hall–Kier alpha value is 0.660. The van der Waals surface area contributed by atoms with Crippen LogP contribution in [0.4, 0.5) is 0 Å². The highest BCUT2D eigenvalue weighted by molar-refractivity contribution is 8.41. The van der Waals surface area contributed by atoms with Gasteiger partial charge in [-0.15, -0.1) is 0 Å². The molecule has 0 aromatic rings. The van der Waals surface area contributed by atoms with E-state index in [-0.39, 0.29) is 0 Å². The van der Waals surface area contributed by atoms with E-state index in [0.29, 0.717) is 0 Å². The van der Waals surface area contributed by atoms with Crippen LogP contribution in [-0.2, 0) is 39.9 Å². The fraction of sp³-hybridized carbons (Fsp3) is 1.00. The van der Waals surface area contributed by atoms with E-state index in [1.807, 2.05) is 0 Å². The van der Waals surface area contributed by atoms with Gasteiger partial charge in [-0.05, 0) is 6.92 Å². The van der Waals surface area contributed by atoms with Crippen LogP contribution in [0.1, 0.15) is 6.92 Å². The van der Waals surface area contributed by atoms with Gasteiger partial charge in [-0.25, -0.2) is 8.42 Å². The van der Waals surface area contributed by atoms with Gasteiger partial charge in [0.05, 0.1) is 0 Å². The molecule has 0 radical (unpaired) electrons. The summed E-state index contributed by atoms with van der Waals surface area (Å²) >= 11 is 8.07. The summed E-state index contributed by atoms with van der Waals surface area (Å²) in [4.78, 5) is 0. The first kappa shape index (κ1) is 10.7. The normalized spacial score (nSPS) is 26.3. The molecular formula is C2H6O4S4. The highest BCUT2D eigenvalue weighted by Crippen LogP contribution is 2.05. The molecule has 10 heavy (non-hydrogen) atoms. The largest absolute Gasteiger partial charge is 0.305 e. The minimum Gasteiger partial charge on any atom is -0.305 e. The Bertz CT molecular complexity index is 264. The Labute approximate surface area is 69.0 Å². The third-order valence-corrected chi connectivity index (χ3v) is 6.54. The van der Waals surface area contributed by atoms with E-state index in [0.717, 1.165) is 6.92 Å². The summed E-state index contributed by atoms with van der Waals surface area (Å²) in [6, 6.07) is 0. The summed E-state index contributed by atoms with van der Waals surface area (Å²) in [6.45, 7) is 1.07. The molecule has 0 aliphatic rings. The van der Waals surface area contributed by atoms with E-state index in [4.69, 9.17) is 9.11 Å². The van der Waals surface area contributed by atoms with Gasteiger partial charge in [-0.2, -0.15) is 0 Å². The topological polar surface area (TPSA) is 74.6 Å². The lowest BCUT2D eigenvalue weighted by atomic mass is 11.0. The van der Waals surface area contributed by atoms with E-state index in [1.54, 1.807) is 0 Å². The molecule has 0 heterocycles. The van der Waals surface area contributed by atoms with Crippen molar-refractivity contribution in [3.05, 3.63) is 0 Å². The van der Waals surface area contributed by atoms with Crippen LogP contribution in [0.3, 0.4) is 0 Å². The van der Waals surface area contributed by atoms with E-state index in [1.165, 1.54) is 0 Å². The van der Waals surface area contributed by atoms with Gasteiger partial charge < -0.3 is 9.11 Å². The molecule has 0 amide bonds. The lowest BCUT2D eigenvalue weighted by molar-refractivity contribution is 0.540. The Kier molecular flexibility index (Phi) is 3.15. The van der Waals surface area contributed by atoms with Crippen molar-refractivity contribution in [3.63, 3.8) is 0 Å². The smallest absolute Gasteiger partial charge is 0.159 e. The van der Waals surface area contributed by atoms with Gasteiger partial charge in [0.15, 0.2) is 22.1 Å². The fourth-order valence-electron chi connectivity index (χ4n) is 0.154. The van der Waals surface area contributed by atoms with Gasteiger partial charge in [0, 0.05) is 22.4 Å². The maximum absolute atomic E-state index is 10.5. The molecule has 2 N–H and O–H groups in total. The minimum absolute atomic E-state index is 1.07. The van der Waals surface area contributed by atoms with Gasteiger partial charge in [0.25, 0.3) is 0 Å². The van der Waals surface area contributed by atoms with Crippen molar-refractivity contribution in [1.29, 1.82) is 0 Å². The van der Waals surface area contributed by atoms with Gasteiger partial charge >= 0.3 is 0 Å². The lowest BCUT2D eigenvalue weighted by Gasteiger charge is -2.07. The maximum Gasteiger partial charge on any atom is 0.159 e. The zero-order valence-electron chi connectivity index (χ0n) is 4.92. The summed E-state index contributed by atoms with van der Waals surface area (Å²) in [5.41, 5.74) is 0. The Morgan fingerprint density at radius 1 is 1.20 bits per heavy atom. The van der Waals surface area contributed by atoms with Gasteiger partial charge in [-0.3, -0.25) is 0 Å². The van der Waals surface area contributed by atoms with Gasteiger partial charge in [-0.1, -0.05) is 0 Å². The third-order valence-electron chi connectivity index (χ3n) is 0.839. The molecule has 0 aromatic heterocycles. The maximum atomic E-state index is 10.5. The molecule has 8 heteroatoms. The molecule has 0 saturated heterocycles. The molecule has 0 bridgehead atoms. The van der Waals surface area contributed by atoms with Gasteiger partial charge in [0.2, 0.25) is 0 Å². The molecular weight excluding hydrogens is 216 g/mol. The molecule has 0 aliphatic heterocycles. The van der Waals surface area contributed by atoms with Crippen LogP contribution in [0.15, 0.2) is 0 Å². The summed E-state index contributed by atoms with van der Waals surface area (Å²) in [6.07, 6.45) is 0. The molecule has 0 fully saturated rings. The van der Waals surface area contributed by atoms with E-state index >= 15 is 0 Å². The summed E-state index contributed by atoms with van der Waals surface area (Å²) in [5.74, 6) is 0. The van der Waals surface area contributed by atoms with E-state index in [2.05, 4.69) is 22.4 Å². The number of hydrogen-bond donors (Lipinski definition) is 2. The Balaban J connectivity index is 4.94. The Morgan fingerprint density at radius 3 is 1.40 bits per heavy atom. The second-order valence-electron chi connectivity index (χ2n) is 1.60. The molecule has 0 rings (SSSR count). The monoisotopic (exact) mass is 222 g/mol. The SMILES string of the molecule is CC(S(=O)(O)=S)S(=O)(O)=S. The predicted molar refractivity (Wildman–Crippen MR) is 45.7 cm³/mol. The zero-order chi connectivity index (χ0) is 8.58. The van der Waals surface area contributed by atoms with Crippen LogP contribution in [0.2, 0.25) is 0 Å². The molecule has 0 saturated carbocycles. The second-order valence-corrected chi connectivity index (χ2v) is 8.24. The van der Waals surface area contributed by atoms with Crippen molar-refractivity contribution in [1.82, 2.24) is 0 Å². The summed E-state index contributed by atoms with van der Waals surface area (Å²) in [7, 11) is -7.31. The first-order valence-electron chi connectivity index (χ1n) is 2.08. The van der Waals surface area contributed by atoms with E-state index in [9.17, 15) is 8.42 Å². The van der Waals surface area contributed by atoms with Crippen molar-refractivity contribution in [2.45, 2.75) is 11.5 Å². The number of rotatable bonds is 2. The molecule has 2 unspecified atom stereocenters. The second kappa shape index (κ2) is 2.95. The first-order valence-corrected chi connectivity index (χ1v) is 7.09. The average molecular weight is 222 g/mol. The summed E-state index contributed by atoms with van der Waals surface area (Å²) < 4.78 is 36.7. The highest BCUT2D eigenvalue weighted by atomic mass is 32.9. The lowest BCUT2D eigenvalue weighted by Crippen LogP contribution is -2.24. The molecule has 0 aromatic carbocycles. The molecule has 2 atom stereocenters. The first-order chi connectivity index (χ1) is 4.15. The third kappa shape index (κ3) is 3.17. The quantitative estimate of drug-likeness (QED) is 0.672. The molecule has 4 nitrogen and oxygen atoms in total. The minimum atomic E-state index is -3.66. The van der Waals surface area contributed by atoms with Crippen molar-refractivity contribution >= 4 is 39.9 Å². The predicted octanol–water partition coefficient (Wildman–Crippen LogP) is -0.229. The van der Waals surface area contributed by atoms with Crippen LogP contribution in [0.25, 0.3) is 0 Å². The van der Waals surface area contributed by atoms with Crippen molar-refractivity contribution in [2.75, 3.05) is 0 Å². The van der Waals surface area contributed by atoms with Crippen LogP contribution >= 0.6 is 0 Å². The molecule has 0 spiro atoms.